The van der Waals surface area contributed by atoms with Crippen LogP contribution in [0.4, 0.5) is 15.2 Å². The summed E-state index contributed by atoms with van der Waals surface area (Å²) < 4.78 is 41.1. The summed E-state index contributed by atoms with van der Waals surface area (Å²) in [5.74, 6) is -1.05. The molecular weight excluding hydrogens is 467 g/mol. The molecule has 3 aromatic rings. The lowest BCUT2D eigenvalue weighted by Crippen LogP contribution is -2.31. The molecule has 0 aliphatic heterocycles. The zero-order valence-corrected chi connectivity index (χ0v) is 18.3. The van der Waals surface area contributed by atoms with E-state index < -0.39 is 20.7 Å². The predicted molar refractivity (Wildman–Crippen MR) is 114 cm³/mol. The molecule has 2 aromatic heterocycles. The number of carbonyl (C=O) groups excluding carboxylic acids is 1. The normalized spacial score (nSPS) is 15.7. The number of pyridine rings is 1. The quantitative estimate of drug-likeness (QED) is 0.399. The van der Waals surface area contributed by atoms with Crippen LogP contribution in [0, 0.1) is 5.82 Å². The Bertz CT molecular complexity index is 1210. The van der Waals surface area contributed by atoms with Crippen LogP contribution in [0.1, 0.15) is 30.1 Å². The lowest BCUT2D eigenvalue weighted by atomic mass is 9.91. The van der Waals surface area contributed by atoms with Gasteiger partial charge >= 0.3 is 16.5 Å². The van der Waals surface area contributed by atoms with Crippen LogP contribution >= 0.6 is 22.9 Å². The molecule has 0 radical (unpaired) electrons. The molecule has 1 aliphatic rings. The Kier molecular flexibility index (Phi) is 6.08. The van der Waals surface area contributed by atoms with Gasteiger partial charge in [0, 0.05) is 23.5 Å². The van der Waals surface area contributed by atoms with Gasteiger partial charge in [-0.25, -0.2) is 9.37 Å². The fourth-order valence-corrected chi connectivity index (χ4v) is 5.77. The van der Waals surface area contributed by atoms with Crippen LogP contribution < -0.4 is 9.79 Å². The second-order valence-electron chi connectivity index (χ2n) is 6.64. The van der Waals surface area contributed by atoms with Crippen molar-refractivity contribution >= 4 is 50.3 Å². The van der Waals surface area contributed by atoms with Gasteiger partial charge in [0.1, 0.15) is 10.7 Å². The maximum Gasteiger partial charge on any atom is 0.322 e. The highest BCUT2D eigenvalue weighted by atomic mass is 35.5. The van der Waals surface area contributed by atoms with E-state index in [9.17, 15) is 17.6 Å². The summed E-state index contributed by atoms with van der Waals surface area (Å²) in [4.78, 5) is 22.8. The van der Waals surface area contributed by atoms with Crippen molar-refractivity contribution in [2.75, 3.05) is 9.79 Å². The van der Waals surface area contributed by atoms with Gasteiger partial charge < -0.3 is 10.2 Å². The van der Waals surface area contributed by atoms with Crippen molar-refractivity contribution in [2.24, 2.45) is 0 Å². The maximum atomic E-state index is 14.9. The molecule has 2 heterocycles. The number of hydrogen-bond acceptors (Lipinski definition) is 8. The molecule has 8 nitrogen and oxygen atoms in total. The third kappa shape index (κ3) is 4.21. The zero-order valence-electron chi connectivity index (χ0n) is 15.9. The average molecular weight is 483 g/mol. The number of hydrogen-bond donors (Lipinski definition) is 1. The molecule has 162 valence electrons. The van der Waals surface area contributed by atoms with Gasteiger partial charge in [-0.1, -0.05) is 22.1 Å². The van der Waals surface area contributed by atoms with Crippen molar-refractivity contribution in [1.82, 2.24) is 9.97 Å². The Morgan fingerprint density at radius 3 is 2.90 bits per heavy atom. The standard InChI is InChI=1S/C19H16ClFN4O4S2/c20-13-9-18(31(27,28)25(29-11-26)19-23-7-8-30-19)14(21)10-17(13)24-16-5-1-4-15-12(16)3-2-6-22-15/h2-3,6-11,16,24H,1,4-5H2. The number of benzene rings is 1. The molecule has 0 bridgehead atoms. The average Bonchev–Trinajstić information content (AvgIpc) is 3.28. The van der Waals surface area contributed by atoms with Crippen molar-refractivity contribution < 1.29 is 22.4 Å². The molecule has 1 aliphatic carbocycles. The topological polar surface area (TPSA) is 101 Å². The van der Waals surface area contributed by atoms with Gasteiger partial charge in [0.15, 0.2) is 0 Å². The number of aryl methyl sites for hydroxylation is 1. The minimum atomic E-state index is -4.61. The summed E-state index contributed by atoms with van der Waals surface area (Å²) >= 11 is 7.21. The van der Waals surface area contributed by atoms with Gasteiger partial charge in [0.05, 0.1) is 16.8 Å². The summed E-state index contributed by atoms with van der Waals surface area (Å²) in [5.41, 5.74) is 2.21. The Morgan fingerprint density at radius 2 is 2.16 bits per heavy atom. The van der Waals surface area contributed by atoms with E-state index in [1.807, 2.05) is 12.1 Å². The minimum Gasteiger partial charge on any atom is -0.377 e. The maximum absolute atomic E-state index is 14.9. The van der Waals surface area contributed by atoms with Gasteiger partial charge in [0.25, 0.3) is 0 Å². The Morgan fingerprint density at radius 1 is 1.32 bits per heavy atom. The van der Waals surface area contributed by atoms with Crippen molar-refractivity contribution in [1.29, 1.82) is 0 Å². The minimum absolute atomic E-state index is 0.00109. The molecule has 0 fully saturated rings. The molecular formula is C19H16ClFN4O4S2. The zero-order chi connectivity index (χ0) is 22.0. The van der Waals surface area contributed by atoms with Gasteiger partial charge in [-0.05, 0) is 43.0 Å². The first-order valence-electron chi connectivity index (χ1n) is 9.16. The van der Waals surface area contributed by atoms with Crippen LogP contribution in [0.15, 0.2) is 46.9 Å². The van der Waals surface area contributed by atoms with Gasteiger partial charge in [0.2, 0.25) is 5.13 Å². The summed E-state index contributed by atoms with van der Waals surface area (Å²) in [6, 6.07) is 5.64. The smallest absolute Gasteiger partial charge is 0.322 e. The van der Waals surface area contributed by atoms with E-state index in [-0.39, 0.29) is 32.8 Å². The van der Waals surface area contributed by atoms with Crippen LogP contribution in [0.2, 0.25) is 5.02 Å². The summed E-state index contributed by atoms with van der Waals surface area (Å²) in [6.45, 7) is -0.0804. The van der Waals surface area contributed by atoms with Gasteiger partial charge in [-0.15, -0.1) is 11.3 Å². The number of fused-ring (bicyclic) bond motifs is 1. The molecule has 0 spiro atoms. The van der Waals surface area contributed by atoms with Crippen molar-refractivity contribution in [3.05, 3.63) is 64.1 Å². The highest BCUT2D eigenvalue weighted by molar-refractivity contribution is 7.92. The fraction of sp³-hybridized carbons (Fsp3) is 0.211. The lowest BCUT2D eigenvalue weighted by Gasteiger charge is -2.27. The van der Waals surface area contributed by atoms with Crippen LogP contribution in [-0.4, -0.2) is 24.9 Å². The molecule has 0 amide bonds. The van der Waals surface area contributed by atoms with Crippen LogP contribution in [0.3, 0.4) is 0 Å². The second-order valence-corrected chi connectivity index (χ2v) is 9.64. The Labute approximate surface area is 186 Å². The summed E-state index contributed by atoms with van der Waals surface area (Å²) in [5, 5.41) is 4.52. The number of nitrogens with zero attached hydrogens (tertiary/aromatic N) is 3. The number of anilines is 2. The number of sulfonamides is 1. The van der Waals surface area contributed by atoms with E-state index in [0.717, 1.165) is 54.0 Å². The summed E-state index contributed by atoms with van der Waals surface area (Å²) in [7, 11) is -4.61. The van der Waals surface area contributed by atoms with Crippen molar-refractivity contribution in [2.45, 2.75) is 30.2 Å². The van der Waals surface area contributed by atoms with Gasteiger partial charge in [-0.2, -0.15) is 8.42 Å². The van der Waals surface area contributed by atoms with Crippen molar-refractivity contribution in [3.8, 4) is 0 Å². The molecule has 0 saturated carbocycles. The number of thiazole rings is 1. The molecule has 4 rings (SSSR count). The Balaban J connectivity index is 1.67. The largest absolute Gasteiger partial charge is 0.377 e. The molecule has 1 unspecified atom stereocenters. The van der Waals surface area contributed by atoms with E-state index in [1.54, 1.807) is 6.20 Å². The first kappa shape index (κ1) is 21.5. The second kappa shape index (κ2) is 8.77. The van der Waals surface area contributed by atoms with Crippen LogP contribution in [0.5, 0.6) is 0 Å². The number of halogens is 2. The highest BCUT2D eigenvalue weighted by Crippen LogP contribution is 2.36. The first-order chi connectivity index (χ1) is 14.9. The SMILES string of the molecule is O=CON(c1nccs1)S(=O)(=O)c1cc(Cl)c(NC2CCCc3ncccc32)cc1F. The predicted octanol–water partition coefficient (Wildman–Crippen LogP) is 4.10. The third-order valence-corrected chi connectivity index (χ3v) is 7.50. The Hall–Kier alpha value is -2.76. The number of rotatable bonds is 7. The summed E-state index contributed by atoms with van der Waals surface area (Å²) in [6.07, 6.45) is 5.60. The third-order valence-electron chi connectivity index (χ3n) is 4.77. The van der Waals surface area contributed by atoms with E-state index in [4.69, 9.17) is 11.6 Å². The number of aromatic nitrogens is 2. The molecule has 12 heteroatoms. The monoisotopic (exact) mass is 482 g/mol. The number of nitrogens with one attached hydrogen (secondary N) is 1. The van der Waals surface area contributed by atoms with Crippen LogP contribution in [0.25, 0.3) is 0 Å². The molecule has 0 saturated heterocycles. The van der Waals surface area contributed by atoms with Crippen LogP contribution in [-0.2, 0) is 26.1 Å². The lowest BCUT2D eigenvalue weighted by molar-refractivity contribution is -0.128. The molecule has 1 atom stereocenters. The number of carbonyl (C=O) groups is 1. The van der Waals surface area contributed by atoms with E-state index >= 15 is 0 Å². The molecule has 1 N–H and O–H groups in total. The highest BCUT2D eigenvalue weighted by Gasteiger charge is 2.33. The first-order valence-corrected chi connectivity index (χ1v) is 11.9. The van der Waals surface area contributed by atoms with E-state index in [2.05, 4.69) is 20.1 Å². The van der Waals surface area contributed by atoms with E-state index in [1.165, 1.54) is 11.6 Å². The fourth-order valence-electron chi connectivity index (χ4n) is 3.42. The molecule has 1 aromatic carbocycles. The van der Waals surface area contributed by atoms with E-state index in [0.29, 0.717) is 0 Å². The van der Waals surface area contributed by atoms with Gasteiger partial charge in [-0.3, -0.25) is 9.78 Å². The molecule has 31 heavy (non-hydrogen) atoms. The van der Waals surface area contributed by atoms with Crippen molar-refractivity contribution in [3.63, 3.8) is 0 Å².